The van der Waals surface area contributed by atoms with E-state index in [-0.39, 0.29) is 11.6 Å². The molecule has 90 valence electrons. The maximum atomic E-state index is 11.4. The molecule has 0 bridgehead atoms. The summed E-state index contributed by atoms with van der Waals surface area (Å²) in [5, 5.41) is 5.69. The van der Waals surface area contributed by atoms with E-state index in [4.69, 9.17) is 0 Å². The molecule has 0 saturated heterocycles. The van der Waals surface area contributed by atoms with Crippen molar-refractivity contribution in [1.29, 1.82) is 0 Å². The molecular weight excluding hydrogens is 202 g/mol. The number of aryl methyl sites for hydroxylation is 1. The summed E-state index contributed by atoms with van der Waals surface area (Å²) < 4.78 is 2.00. The van der Waals surface area contributed by atoms with Crippen molar-refractivity contribution >= 4 is 6.03 Å². The average molecular weight is 223 g/mol. The van der Waals surface area contributed by atoms with Crippen LogP contribution in [0, 0.1) is 0 Å². The zero-order valence-corrected chi connectivity index (χ0v) is 10.5. The van der Waals surface area contributed by atoms with Gasteiger partial charge in [-0.3, -0.25) is 0 Å². The van der Waals surface area contributed by atoms with Gasteiger partial charge in [-0.05, 0) is 38.8 Å². The number of rotatable bonds is 3. The Morgan fingerprint density at radius 1 is 1.44 bits per heavy atom. The van der Waals surface area contributed by atoms with Crippen LogP contribution in [0.15, 0.2) is 18.5 Å². The fraction of sp³-hybridized carbons (Fsp3) is 0.583. The first kappa shape index (κ1) is 12.6. The van der Waals surface area contributed by atoms with Crippen LogP contribution in [0.5, 0.6) is 0 Å². The molecule has 0 unspecified atom stereocenters. The van der Waals surface area contributed by atoms with Crippen molar-refractivity contribution in [1.82, 2.24) is 15.2 Å². The zero-order chi connectivity index (χ0) is 12.2. The lowest BCUT2D eigenvalue weighted by molar-refractivity contribution is 0.232. The van der Waals surface area contributed by atoms with Crippen molar-refractivity contribution in [3.05, 3.63) is 24.0 Å². The largest absolute Gasteiger partial charge is 0.357 e. The van der Waals surface area contributed by atoms with E-state index in [1.54, 1.807) is 0 Å². The summed E-state index contributed by atoms with van der Waals surface area (Å²) >= 11 is 0. The van der Waals surface area contributed by atoms with Gasteiger partial charge in [0.1, 0.15) is 0 Å². The molecule has 16 heavy (non-hydrogen) atoms. The SMILES string of the molecule is Cn1ccc(CCNC(=O)NC(C)(C)C)c1. The fourth-order valence-electron chi connectivity index (χ4n) is 1.41. The molecule has 4 heteroatoms. The maximum absolute atomic E-state index is 11.4. The van der Waals surface area contributed by atoms with Gasteiger partial charge >= 0.3 is 6.03 Å². The normalized spacial score (nSPS) is 11.2. The highest BCUT2D eigenvalue weighted by molar-refractivity contribution is 5.74. The molecule has 0 atom stereocenters. The van der Waals surface area contributed by atoms with Gasteiger partial charge < -0.3 is 15.2 Å². The minimum Gasteiger partial charge on any atom is -0.357 e. The van der Waals surface area contributed by atoms with Crippen molar-refractivity contribution in [2.24, 2.45) is 7.05 Å². The molecule has 1 aromatic heterocycles. The number of urea groups is 1. The molecule has 0 radical (unpaired) electrons. The van der Waals surface area contributed by atoms with E-state index in [1.807, 2.05) is 38.6 Å². The highest BCUT2D eigenvalue weighted by Gasteiger charge is 2.12. The topological polar surface area (TPSA) is 46.1 Å². The molecular formula is C12H21N3O. The first-order valence-electron chi connectivity index (χ1n) is 5.54. The summed E-state index contributed by atoms with van der Waals surface area (Å²) in [6, 6.07) is 1.95. The van der Waals surface area contributed by atoms with E-state index in [0.717, 1.165) is 6.42 Å². The number of hydrogen-bond acceptors (Lipinski definition) is 1. The molecule has 0 aliphatic carbocycles. The summed E-state index contributed by atoms with van der Waals surface area (Å²) in [4.78, 5) is 11.4. The highest BCUT2D eigenvalue weighted by atomic mass is 16.2. The summed E-state index contributed by atoms with van der Waals surface area (Å²) in [7, 11) is 1.99. The summed E-state index contributed by atoms with van der Waals surface area (Å²) in [5.74, 6) is 0. The van der Waals surface area contributed by atoms with Gasteiger partial charge in [0.15, 0.2) is 0 Å². The first-order valence-corrected chi connectivity index (χ1v) is 5.54. The molecule has 1 aromatic rings. The van der Waals surface area contributed by atoms with E-state index < -0.39 is 0 Å². The molecule has 1 heterocycles. The predicted octanol–water partition coefficient (Wildman–Crippen LogP) is 1.67. The zero-order valence-electron chi connectivity index (χ0n) is 10.5. The van der Waals surface area contributed by atoms with Crippen molar-refractivity contribution in [2.45, 2.75) is 32.7 Å². The van der Waals surface area contributed by atoms with Gasteiger partial charge in [0, 0.05) is 31.5 Å². The fourth-order valence-corrected chi connectivity index (χ4v) is 1.41. The second kappa shape index (κ2) is 5.05. The van der Waals surface area contributed by atoms with Crippen molar-refractivity contribution in [3.63, 3.8) is 0 Å². The van der Waals surface area contributed by atoms with Crippen LogP contribution in [0.4, 0.5) is 4.79 Å². The van der Waals surface area contributed by atoms with Crippen molar-refractivity contribution in [3.8, 4) is 0 Å². The van der Waals surface area contributed by atoms with Crippen LogP contribution in [0.3, 0.4) is 0 Å². The third-order valence-electron chi connectivity index (χ3n) is 2.08. The Morgan fingerprint density at radius 3 is 2.62 bits per heavy atom. The van der Waals surface area contributed by atoms with Crippen LogP contribution in [0.25, 0.3) is 0 Å². The van der Waals surface area contributed by atoms with Gasteiger partial charge in [0.25, 0.3) is 0 Å². The smallest absolute Gasteiger partial charge is 0.315 e. The third kappa shape index (κ3) is 4.87. The van der Waals surface area contributed by atoms with Gasteiger partial charge in [-0.1, -0.05) is 0 Å². The molecule has 0 aromatic carbocycles. The molecule has 2 N–H and O–H groups in total. The summed E-state index contributed by atoms with van der Waals surface area (Å²) in [6.07, 6.45) is 4.92. The number of amides is 2. The van der Waals surface area contributed by atoms with Gasteiger partial charge in [-0.2, -0.15) is 0 Å². The Balaban J connectivity index is 2.23. The van der Waals surface area contributed by atoms with Crippen LogP contribution in [-0.2, 0) is 13.5 Å². The maximum Gasteiger partial charge on any atom is 0.315 e. The van der Waals surface area contributed by atoms with E-state index in [9.17, 15) is 4.79 Å². The van der Waals surface area contributed by atoms with Crippen LogP contribution in [0.2, 0.25) is 0 Å². The Hall–Kier alpha value is -1.45. The lowest BCUT2D eigenvalue weighted by Gasteiger charge is -2.20. The molecule has 0 fully saturated rings. The predicted molar refractivity (Wildman–Crippen MR) is 65.4 cm³/mol. The molecule has 1 rings (SSSR count). The van der Waals surface area contributed by atoms with Crippen LogP contribution in [-0.4, -0.2) is 22.7 Å². The standard InChI is InChI=1S/C12H21N3O/c1-12(2,3)14-11(16)13-7-5-10-6-8-15(4)9-10/h6,8-9H,5,7H2,1-4H3,(H2,13,14,16). The summed E-state index contributed by atoms with van der Waals surface area (Å²) in [6.45, 7) is 6.54. The monoisotopic (exact) mass is 223 g/mol. The van der Waals surface area contributed by atoms with Gasteiger partial charge in [-0.15, -0.1) is 0 Å². The van der Waals surface area contributed by atoms with Crippen LogP contribution < -0.4 is 10.6 Å². The number of carbonyl (C=O) groups excluding carboxylic acids is 1. The van der Waals surface area contributed by atoms with Crippen molar-refractivity contribution < 1.29 is 4.79 Å². The van der Waals surface area contributed by atoms with Gasteiger partial charge in [-0.25, -0.2) is 4.79 Å². The van der Waals surface area contributed by atoms with Gasteiger partial charge in [0.2, 0.25) is 0 Å². The van der Waals surface area contributed by atoms with Crippen LogP contribution >= 0.6 is 0 Å². The Kier molecular flexibility index (Phi) is 3.99. The Bertz CT molecular complexity index is 349. The second-order valence-corrected chi connectivity index (χ2v) is 5.07. The second-order valence-electron chi connectivity index (χ2n) is 5.07. The third-order valence-corrected chi connectivity index (χ3v) is 2.08. The number of nitrogens with one attached hydrogen (secondary N) is 2. The molecule has 0 aliphatic rings. The Morgan fingerprint density at radius 2 is 2.12 bits per heavy atom. The number of carbonyl (C=O) groups is 1. The summed E-state index contributed by atoms with van der Waals surface area (Å²) in [5.41, 5.74) is 1.05. The quantitative estimate of drug-likeness (QED) is 0.804. The van der Waals surface area contributed by atoms with Crippen molar-refractivity contribution in [2.75, 3.05) is 6.54 Å². The highest BCUT2D eigenvalue weighted by Crippen LogP contribution is 2.00. The molecule has 0 aliphatic heterocycles. The number of nitrogens with zero attached hydrogens (tertiary/aromatic N) is 1. The van der Waals surface area contributed by atoms with E-state index in [1.165, 1.54) is 5.56 Å². The van der Waals surface area contributed by atoms with E-state index >= 15 is 0 Å². The minimum absolute atomic E-state index is 0.108. The molecule has 2 amide bonds. The van der Waals surface area contributed by atoms with Crippen LogP contribution in [0.1, 0.15) is 26.3 Å². The lowest BCUT2D eigenvalue weighted by atomic mass is 10.1. The average Bonchev–Trinajstić information content (AvgIpc) is 2.48. The molecule has 4 nitrogen and oxygen atoms in total. The molecule has 0 saturated carbocycles. The number of aromatic nitrogens is 1. The Labute approximate surface area is 97.0 Å². The minimum atomic E-state index is -0.184. The lowest BCUT2D eigenvalue weighted by Crippen LogP contribution is -2.46. The van der Waals surface area contributed by atoms with E-state index in [2.05, 4.69) is 22.9 Å². The molecule has 0 spiro atoms. The first-order chi connectivity index (χ1) is 7.37. The number of hydrogen-bond donors (Lipinski definition) is 2. The van der Waals surface area contributed by atoms with Gasteiger partial charge in [0.05, 0.1) is 0 Å². The van der Waals surface area contributed by atoms with E-state index in [0.29, 0.717) is 6.54 Å².